The van der Waals surface area contributed by atoms with Gasteiger partial charge in [0, 0.05) is 35.3 Å². The van der Waals surface area contributed by atoms with Crippen LogP contribution in [0.5, 0.6) is 0 Å². The summed E-state index contributed by atoms with van der Waals surface area (Å²) >= 11 is 1.88. The zero-order valence-electron chi connectivity index (χ0n) is 11.9. The van der Waals surface area contributed by atoms with Crippen molar-refractivity contribution in [3.8, 4) is 0 Å². The van der Waals surface area contributed by atoms with E-state index in [4.69, 9.17) is 0 Å². The van der Waals surface area contributed by atoms with Crippen molar-refractivity contribution < 1.29 is 0 Å². The van der Waals surface area contributed by atoms with Gasteiger partial charge in [0.15, 0.2) is 5.96 Å². The SMILES string of the molecule is CN=C(NC(C)Cc1ccc(C)s1)NC1CCC1.I. The van der Waals surface area contributed by atoms with Crippen molar-refractivity contribution in [3.63, 3.8) is 0 Å². The molecule has 108 valence electrons. The number of hydrogen-bond acceptors (Lipinski definition) is 2. The highest BCUT2D eigenvalue weighted by Gasteiger charge is 2.18. The Morgan fingerprint density at radius 1 is 1.47 bits per heavy atom. The van der Waals surface area contributed by atoms with Crippen molar-refractivity contribution in [2.45, 2.75) is 51.6 Å². The Morgan fingerprint density at radius 3 is 2.68 bits per heavy atom. The first-order valence-electron chi connectivity index (χ1n) is 6.72. The molecule has 1 aromatic rings. The lowest BCUT2D eigenvalue weighted by Gasteiger charge is -2.29. The summed E-state index contributed by atoms with van der Waals surface area (Å²) in [7, 11) is 1.84. The predicted molar refractivity (Wildman–Crippen MR) is 94.9 cm³/mol. The lowest BCUT2D eigenvalue weighted by Crippen LogP contribution is -2.49. The Bertz CT molecular complexity index is 413. The van der Waals surface area contributed by atoms with Crippen molar-refractivity contribution in [1.29, 1.82) is 0 Å². The zero-order chi connectivity index (χ0) is 13.0. The molecule has 2 rings (SSSR count). The van der Waals surface area contributed by atoms with Crippen LogP contribution in [0.3, 0.4) is 0 Å². The largest absolute Gasteiger partial charge is 0.354 e. The number of rotatable bonds is 4. The summed E-state index contributed by atoms with van der Waals surface area (Å²) in [5.41, 5.74) is 0. The number of aryl methyl sites for hydroxylation is 1. The van der Waals surface area contributed by atoms with E-state index in [1.54, 1.807) is 0 Å². The van der Waals surface area contributed by atoms with Crippen molar-refractivity contribution in [3.05, 3.63) is 21.9 Å². The van der Waals surface area contributed by atoms with E-state index < -0.39 is 0 Å². The monoisotopic (exact) mass is 393 g/mol. The molecule has 0 bridgehead atoms. The molecule has 1 saturated carbocycles. The van der Waals surface area contributed by atoms with Crippen LogP contribution in [0, 0.1) is 6.92 Å². The van der Waals surface area contributed by atoms with Crippen molar-refractivity contribution in [1.82, 2.24) is 10.6 Å². The summed E-state index contributed by atoms with van der Waals surface area (Å²) in [6, 6.07) is 5.45. The average molecular weight is 393 g/mol. The molecule has 0 aliphatic heterocycles. The van der Waals surface area contributed by atoms with Crippen LogP contribution in [0.25, 0.3) is 0 Å². The van der Waals surface area contributed by atoms with Gasteiger partial charge in [0.2, 0.25) is 0 Å². The van der Waals surface area contributed by atoms with Gasteiger partial charge in [0.25, 0.3) is 0 Å². The molecule has 1 aliphatic rings. The fraction of sp³-hybridized carbons (Fsp3) is 0.643. The standard InChI is InChI=1S/C14H23N3S.HI/c1-10(9-13-8-7-11(2)18-13)16-14(15-3)17-12-5-4-6-12;/h7-8,10,12H,4-6,9H2,1-3H3,(H2,15,16,17);1H. The third kappa shape index (κ3) is 5.30. The molecule has 0 amide bonds. The molecule has 1 atom stereocenters. The summed E-state index contributed by atoms with van der Waals surface area (Å²) in [4.78, 5) is 7.11. The van der Waals surface area contributed by atoms with Gasteiger partial charge < -0.3 is 10.6 Å². The van der Waals surface area contributed by atoms with E-state index in [-0.39, 0.29) is 24.0 Å². The second-order valence-electron chi connectivity index (χ2n) is 5.11. The highest BCUT2D eigenvalue weighted by atomic mass is 127. The van der Waals surface area contributed by atoms with Gasteiger partial charge in [-0.25, -0.2) is 0 Å². The maximum atomic E-state index is 4.29. The molecular formula is C14H24IN3S. The van der Waals surface area contributed by atoms with Crippen LogP contribution < -0.4 is 10.6 Å². The van der Waals surface area contributed by atoms with Crippen LogP contribution in [-0.4, -0.2) is 25.1 Å². The molecule has 0 aromatic carbocycles. The van der Waals surface area contributed by atoms with Crippen molar-refractivity contribution in [2.24, 2.45) is 4.99 Å². The smallest absolute Gasteiger partial charge is 0.191 e. The average Bonchev–Trinajstić information content (AvgIpc) is 2.67. The first kappa shape index (κ1) is 16.8. The molecule has 1 unspecified atom stereocenters. The second-order valence-corrected chi connectivity index (χ2v) is 6.48. The number of hydrogen-bond donors (Lipinski definition) is 2. The number of thiophene rings is 1. The number of halogens is 1. The van der Waals surface area contributed by atoms with E-state index in [0.29, 0.717) is 12.1 Å². The summed E-state index contributed by atoms with van der Waals surface area (Å²) in [5.74, 6) is 0.945. The van der Waals surface area contributed by atoms with Crippen LogP contribution in [0.15, 0.2) is 17.1 Å². The van der Waals surface area contributed by atoms with Crippen LogP contribution in [-0.2, 0) is 6.42 Å². The molecule has 0 radical (unpaired) electrons. The molecule has 0 saturated heterocycles. The van der Waals surface area contributed by atoms with Gasteiger partial charge in [-0.15, -0.1) is 35.3 Å². The van der Waals surface area contributed by atoms with Gasteiger partial charge in [0.1, 0.15) is 0 Å². The van der Waals surface area contributed by atoms with Crippen molar-refractivity contribution in [2.75, 3.05) is 7.05 Å². The predicted octanol–water partition coefficient (Wildman–Crippen LogP) is 3.32. The lowest BCUT2D eigenvalue weighted by atomic mass is 9.93. The topological polar surface area (TPSA) is 36.4 Å². The highest BCUT2D eigenvalue weighted by molar-refractivity contribution is 14.0. The molecule has 1 fully saturated rings. The second kappa shape index (κ2) is 8.09. The Labute approximate surface area is 137 Å². The molecule has 2 N–H and O–H groups in total. The van der Waals surface area contributed by atoms with E-state index in [9.17, 15) is 0 Å². The third-order valence-corrected chi connectivity index (χ3v) is 4.38. The third-order valence-electron chi connectivity index (χ3n) is 3.36. The first-order chi connectivity index (χ1) is 8.67. The van der Waals surface area contributed by atoms with E-state index >= 15 is 0 Å². The Kier molecular flexibility index (Phi) is 7.13. The minimum absolute atomic E-state index is 0. The van der Waals surface area contributed by atoms with Crippen LogP contribution in [0.2, 0.25) is 0 Å². The van der Waals surface area contributed by atoms with Gasteiger partial charge in [-0.05, 0) is 45.2 Å². The lowest BCUT2D eigenvalue weighted by molar-refractivity contribution is 0.378. The van der Waals surface area contributed by atoms with Gasteiger partial charge in [0.05, 0.1) is 0 Å². The Morgan fingerprint density at radius 2 is 2.21 bits per heavy atom. The number of nitrogens with zero attached hydrogens (tertiary/aromatic N) is 1. The number of guanidine groups is 1. The van der Waals surface area contributed by atoms with Gasteiger partial charge in [-0.1, -0.05) is 0 Å². The van der Waals surface area contributed by atoms with Gasteiger partial charge in [-0.3, -0.25) is 4.99 Å². The minimum atomic E-state index is 0. The van der Waals surface area contributed by atoms with E-state index in [1.165, 1.54) is 29.0 Å². The van der Waals surface area contributed by atoms with Crippen LogP contribution >= 0.6 is 35.3 Å². The number of aliphatic imine (C=N–C) groups is 1. The molecule has 1 aromatic heterocycles. The van der Waals surface area contributed by atoms with E-state index in [2.05, 4.69) is 41.6 Å². The fourth-order valence-electron chi connectivity index (χ4n) is 2.10. The summed E-state index contributed by atoms with van der Waals surface area (Å²) in [6.45, 7) is 4.37. The molecule has 19 heavy (non-hydrogen) atoms. The molecule has 3 nitrogen and oxygen atoms in total. The molecular weight excluding hydrogens is 369 g/mol. The summed E-state index contributed by atoms with van der Waals surface area (Å²) < 4.78 is 0. The minimum Gasteiger partial charge on any atom is -0.354 e. The molecule has 1 heterocycles. The van der Waals surface area contributed by atoms with Crippen molar-refractivity contribution >= 4 is 41.3 Å². The normalized spacial score (nSPS) is 17.3. The molecule has 1 aliphatic carbocycles. The Hall–Kier alpha value is -0.300. The highest BCUT2D eigenvalue weighted by Crippen LogP contribution is 2.18. The van der Waals surface area contributed by atoms with Gasteiger partial charge in [-0.2, -0.15) is 0 Å². The maximum absolute atomic E-state index is 4.29. The van der Waals surface area contributed by atoms with Crippen LogP contribution in [0.1, 0.15) is 35.9 Å². The quantitative estimate of drug-likeness (QED) is 0.468. The fourth-order valence-corrected chi connectivity index (χ4v) is 3.12. The summed E-state index contributed by atoms with van der Waals surface area (Å²) in [5, 5.41) is 6.94. The Balaban J connectivity index is 0.00000180. The first-order valence-corrected chi connectivity index (χ1v) is 7.54. The van der Waals surface area contributed by atoms with Crippen LogP contribution in [0.4, 0.5) is 0 Å². The number of nitrogens with one attached hydrogen (secondary N) is 2. The van der Waals surface area contributed by atoms with E-state index in [0.717, 1.165) is 12.4 Å². The molecule has 5 heteroatoms. The maximum Gasteiger partial charge on any atom is 0.191 e. The summed E-state index contributed by atoms with van der Waals surface area (Å²) in [6.07, 6.45) is 4.96. The molecule has 0 spiro atoms. The van der Waals surface area contributed by atoms with E-state index in [1.807, 2.05) is 18.4 Å². The zero-order valence-corrected chi connectivity index (χ0v) is 15.0. The van der Waals surface area contributed by atoms with Gasteiger partial charge >= 0.3 is 0 Å².